The third-order valence-corrected chi connectivity index (χ3v) is 2.26. The largest absolute Gasteiger partial charge is 0.465 e. The normalized spacial score (nSPS) is 11.4. The molecule has 0 fully saturated rings. The maximum atomic E-state index is 11.9. The van der Waals surface area contributed by atoms with E-state index in [0.717, 1.165) is 0 Å². The molecule has 1 amide bonds. The van der Waals surface area contributed by atoms with Gasteiger partial charge < -0.3 is 19.3 Å². The van der Waals surface area contributed by atoms with Gasteiger partial charge in [0, 0.05) is 19.2 Å². The molecule has 1 aromatic heterocycles. The molecule has 0 spiro atoms. The second-order valence-electron chi connectivity index (χ2n) is 4.78. The molecule has 18 heavy (non-hydrogen) atoms. The van der Waals surface area contributed by atoms with Crippen LogP contribution in [0.1, 0.15) is 26.5 Å². The quantitative estimate of drug-likeness (QED) is 0.821. The zero-order valence-corrected chi connectivity index (χ0v) is 11.3. The number of hydrogen-bond donors (Lipinski definition) is 1. The van der Waals surface area contributed by atoms with Gasteiger partial charge in [-0.2, -0.15) is 0 Å². The third-order valence-electron chi connectivity index (χ3n) is 2.26. The van der Waals surface area contributed by atoms with Crippen LogP contribution >= 0.6 is 0 Å². The molecule has 0 aromatic carbocycles. The van der Waals surface area contributed by atoms with Crippen LogP contribution in [0.15, 0.2) is 10.6 Å². The molecule has 102 valence electrons. The van der Waals surface area contributed by atoms with Gasteiger partial charge in [-0.25, -0.2) is 0 Å². The molecule has 0 bridgehead atoms. The molecule has 1 rings (SSSR count). The minimum absolute atomic E-state index is 0.115. The fourth-order valence-electron chi connectivity index (χ4n) is 1.48. The van der Waals surface area contributed by atoms with E-state index in [4.69, 9.17) is 9.26 Å². The molecular formula is C12H20N2O4. The highest BCUT2D eigenvalue weighted by Crippen LogP contribution is 2.10. The number of carbonyl (C=O) groups excluding carboxylic acids is 1. The highest BCUT2D eigenvalue weighted by Gasteiger charge is 2.21. The summed E-state index contributed by atoms with van der Waals surface area (Å²) in [5.74, 6) is 0.724. The second kappa shape index (κ2) is 5.86. The van der Waals surface area contributed by atoms with E-state index in [2.05, 4.69) is 5.16 Å². The van der Waals surface area contributed by atoms with Gasteiger partial charge in [0.05, 0.1) is 5.60 Å². The molecule has 0 saturated carbocycles. The first kappa shape index (κ1) is 14.5. The lowest BCUT2D eigenvalue weighted by Crippen LogP contribution is -2.44. The fraction of sp³-hybridized carbons (Fsp3) is 0.667. The van der Waals surface area contributed by atoms with E-state index in [1.54, 1.807) is 26.8 Å². The van der Waals surface area contributed by atoms with Crippen molar-refractivity contribution >= 4 is 5.91 Å². The highest BCUT2D eigenvalue weighted by atomic mass is 16.5. The summed E-state index contributed by atoms with van der Waals surface area (Å²) in [6.45, 7) is 7.58. The smallest absolute Gasteiger partial charge is 0.260 e. The molecule has 0 atom stereocenters. The van der Waals surface area contributed by atoms with Crippen molar-refractivity contribution in [2.75, 3.05) is 19.7 Å². The lowest BCUT2D eigenvalue weighted by atomic mass is 10.1. The van der Waals surface area contributed by atoms with Crippen molar-refractivity contribution in [2.45, 2.75) is 33.3 Å². The minimum atomic E-state index is -0.920. The number of rotatable bonds is 6. The summed E-state index contributed by atoms with van der Waals surface area (Å²) in [5, 5.41) is 13.3. The molecule has 0 aliphatic rings. The number of likely N-dealkylation sites (N-methyl/N-ethyl adjacent to an activating group) is 1. The number of aryl methyl sites for hydroxylation is 1. The molecule has 1 heterocycles. The summed E-state index contributed by atoms with van der Waals surface area (Å²) >= 11 is 0. The Balaban J connectivity index is 2.47. The van der Waals surface area contributed by atoms with Gasteiger partial charge in [0.2, 0.25) is 0 Å². The number of amides is 1. The average Bonchev–Trinajstić information content (AvgIpc) is 2.67. The Morgan fingerprint density at radius 2 is 2.28 bits per heavy atom. The SMILES string of the molecule is CCN(CC(C)(C)O)C(=O)COc1cc(C)on1. The van der Waals surface area contributed by atoms with Gasteiger partial charge in [0.25, 0.3) is 11.8 Å². The highest BCUT2D eigenvalue weighted by molar-refractivity contribution is 5.77. The van der Waals surface area contributed by atoms with E-state index >= 15 is 0 Å². The number of carbonyl (C=O) groups is 1. The molecule has 0 unspecified atom stereocenters. The Morgan fingerprint density at radius 1 is 1.61 bits per heavy atom. The van der Waals surface area contributed by atoms with E-state index in [1.807, 2.05) is 6.92 Å². The van der Waals surface area contributed by atoms with Crippen LogP contribution in [0.5, 0.6) is 5.88 Å². The Bertz CT molecular complexity index is 395. The number of ether oxygens (including phenoxy) is 1. The van der Waals surface area contributed by atoms with Gasteiger partial charge in [-0.15, -0.1) is 0 Å². The summed E-state index contributed by atoms with van der Waals surface area (Å²) in [5.41, 5.74) is -0.920. The monoisotopic (exact) mass is 256 g/mol. The third kappa shape index (κ3) is 4.75. The number of nitrogens with zero attached hydrogens (tertiary/aromatic N) is 2. The first-order valence-electron chi connectivity index (χ1n) is 5.88. The average molecular weight is 256 g/mol. The summed E-state index contributed by atoms with van der Waals surface area (Å²) < 4.78 is 10.0. The predicted molar refractivity (Wildman–Crippen MR) is 65.3 cm³/mol. The zero-order chi connectivity index (χ0) is 13.8. The lowest BCUT2D eigenvalue weighted by Gasteiger charge is -2.27. The van der Waals surface area contributed by atoms with Crippen LogP contribution in [-0.2, 0) is 4.79 Å². The second-order valence-corrected chi connectivity index (χ2v) is 4.78. The summed E-state index contributed by atoms with van der Waals surface area (Å²) in [6.07, 6.45) is 0. The fourth-order valence-corrected chi connectivity index (χ4v) is 1.48. The molecule has 1 N–H and O–H groups in total. The van der Waals surface area contributed by atoms with Crippen LogP contribution < -0.4 is 4.74 Å². The van der Waals surface area contributed by atoms with Crippen molar-refractivity contribution in [3.05, 3.63) is 11.8 Å². The first-order valence-corrected chi connectivity index (χ1v) is 5.88. The van der Waals surface area contributed by atoms with E-state index in [0.29, 0.717) is 18.2 Å². The maximum absolute atomic E-state index is 11.9. The van der Waals surface area contributed by atoms with Crippen LogP contribution in [0, 0.1) is 6.92 Å². The van der Waals surface area contributed by atoms with Crippen molar-refractivity contribution in [2.24, 2.45) is 0 Å². The zero-order valence-electron chi connectivity index (χ0n) is 11.3. The standard InChI is InChI=1S/C12H20N2O4/c1-5-14(8-12(3,4)16)11(15)7-17-10-6-9(2)18-13-10/h6,16H,5,7-8H2,1-4H3. The molecule has 0 radical (unpaired) electrons. The van der Waals surface area contributed by atoms with Gasteiger partial charge in [-0.05, 0) is 32.9 Å². The molecular weight excluding hydrogens is 236 g/mol. The molecule has 1 aromatic rings. The van der Waals surface area contributed by atoms with Crippen molar-refractivity contribution in [1.82, 2.24) is 10.1 Å². The first-order chi connectivity index (χ1) is 8.31. The topological polar surface area (TPSA) is 75.8 Å². The Morgan fingerprint density at radius 3 is 2.72 bits per heavy atom. The van der Waals surface area contributed by atoms with E-state index in [1.165, 1.54) is 4.90 Å². The van der Waals surface area contributed by atoms with E-state index in [9.17, 15) is 9.90 Å². The van der Waals surface area contributed by atoms with Crippen molar-refractivity contribution in [3.8, 4) is 5.88 Å². The summed E-state index contributed by atoms with van der Waals surface area (Å²) in [7, 11) is 0. The van der Waals surface area contributed by atoms with Gasteiger partial charge in [-0.1, -0.05) is 0 Å². The molecule has 6 nitrogen and oxygen atoms in total. The van der Waals surface area contributed by atoms with Crippen LogP contribution in [0.25, 0.3) is 0 Å². The van der Waals surface area contributed by atoms with Crippen LogP contribution in [0.2, 0.25) is 0 Å². The van der Waals surface area contributed by atoms with Gasteiger partial charge in [-0.3, -0.25) is 4.79 Å². The molecule has 6 heteroatoms. The van der Waals surface area contributed by atoms with Crippen LogP contribution in [0.3, 0.4) is 0 Å². The van der Waals surface area contributed by atoms with E-state index in [-0.39, 0.29) is 19.1 Å². The predicted octanol–water partition coefficient (Wildman–Crippen LogP) is 0.981. The maximum Gasteiger partial charge on any atom is 0.260 e. The number of aliphatic hydroxyl groups is 1. The van der Waals surface area contributed by atoms with Crippen molar-refractivity contribution < 1.29 is 19.2 Å². The van der Waals surface area contributed by atoms with Crippen LogP contribution in [0.4, 0.5) is 0 Å². The van der Waals surface area contributed by atoms with Gasteiger partial charge in [0.15, 0.2) is 6.61 Å². The molecule has 0 aliphatic carbocycles. The van der Waals surface area contributed by atoms with Crippen molar-refractivity contribution in [3.63, 3.8) is 0 Å². The summed E-state index contributed by atoms with van der Waals surface area (Å²) in [6, 6.07) is 1.61. The molecule has 0 aliphatic heterocycles. The lowest BCUT2D eigenvalue weighted by molar-refractivity contribution is -0.136. The minimum Gasteiger partial charge on any atom is -0.465 e. The Hall–Kier alpha value is -1.56. The van der Waals surface area contributed by atoms with Gasteiger partial charge >= 0.3 is 0 Å². The van der Waals surface area contributed by atoms with Crippen molar-refractivity contribution in [1.29, 1.82) is 0 Å². The van der Waals surface area contributed by atoms with Gasteiger partial charge in [0.1, 0.15) is 5.76 Å². The number of aromatic nitrogens is 1. The molecule has 0 saturated heterocycles. The van der Waals surface area contributed by atoms with Crippen LogP contribution in [-0.4, -0.2) is 46.4 Å². The Kier molecular flexibility index (Phi) is 4.72. The number of hydrogen-bond acceptors (Lipinski definition) is 5. The van der Waals surface area contributed by atoms with E-state index < -0.39 is 5.60 Å². The Labute approximate surface area is 107 Å². The summed E-state index contributed by atoms with van der Waals surface area (Å²) in [4.78, 5) is 13.4.